The Morgan fingerprint density at radius 1 is 1.36 bits per heavy atom. The van der Waals surface area contributed by atoms with Crippen LogP contribution in [-0.2, 0) is 6.54 Å². The second-order valence-corrected chi connectivity index (χ2v) is 6.80. The number of hydrogen-bond donors (Lipinski definition) is 1. The van der Waals surface area contributed by atoms with Crippen molar-refractivity contribution in [3.63, 3.8) is 0 Å². The van der Waals surface area contributed by atoms with Crippen LogP contribution in [0.1, 0.15) is 23.2 Å². The molecule has 1 atom stereocenters. The van der Waals surface area contributed by atoms with Crippen molar-refractivity contribution >= 4 is 17.7 Å². The Kier molecular flexibility index (Phi) is 6.05. The van der Waals surface area contributed by atoms with E-state index in [2.05, 4.69) is 15.4 Å². The normalized spacial score (nSPS) is 16.6. The molecule has 2 aromatic rings. The number of nitrogens with one attached hydrogen (secondary N) is 1. The van der Waals surface area contributed by atoms with E-state index in [0.717, 1.165) is 17.9 Å². The SMILES string of the molecule is O=C(NCCCn1ncccc1=O)c1cccnc1OC1CCSC1. The van der Waals surface area contributed by atoms with Crippen LogP contribution in [0, 0.1) is 0 Å². The highest BCUT2D eigenvalue weighted by Crippen LogP contribution is 2.24. The van der Waals surface area contributed by atoms with Crippen LogP contribution < -0.4 is 15.6 Å². The fourth-order valence-electron chi connectivity index (χ4n) is 2.50. The Bertz CT molecular complexity index is 774. The minimum absolute atomic E-state index is 0.113. The Labute approximate surface area is 149 Å². The molecule has 7 nitrogen and oxygen atoms in total. The molecule has 132 valence electrons. The molecule has 0 aromatic carbocycles. The Morgan fingerprint density at radius 3 is 3.04 bits per heavy atom. The molecule has 1 amide bonds. The summed E-state index contributed by atoms with van der Waals surface area (Å²) < 4.78 is 7.25. The summed E-state index contributed by atoms with van der Waals surface area (Å²) in [6.45, 7) is 0.894. The summed E-state index contributed by atoms with van der Waals surface area (Å²) in [6, 6.07) is 6.50. The lowest BCUT2D eigenvalue weighted by atomic mass is 10.2. The second-order valence-electron chi connectivity index (χ2n) is 5.65. The molecule has 0 radical (unpaired) electrons. The summed E-state index contributed by atoms with van der Waals surface area (Å²) in [5, 5.41) is 6.83. The van der Waals surface area contributed by atoms with E-state index in [4.69, 9.17) is 4.74 Å². The summed E-state index contributed by atoms with van der Waals surface area (Å²) in [5.41, 5.74) is 0.292. The molecule has 1 aliphatic heterocycles. The van der Waals surface area contributed by atoms with Gasteiger partial charge in [-0.1, -0.05) is 0 Å². The van der Waals surface area contributed by atoms with Crippen LogP contribution in [0.25, 0.3) is 0 Å². The lowest BCUT2D eigenvalue weighted by Gasteiger charge is -2.14. The molecule has 0 spiro atoms. The molecule has 8 heteroatoms. The van der Waals surface area contributed by atoms with Crippen molar-refractivity contribution in [2.24, 2.45) is 0 Å². The van der Waals surface area contributed by atoms with Crippen LogP contribution in [-0.4, -0.2) is 44.8 Å². The maximum atomic E-state index is 12.4. The number of aryl methyl sites for hydroxylation is 1. The fraction of sp³-hybridized carbons (Fsp3) is 0.412. The maximum Gasteiger partial charge on any atom is 0.266 e. The Balaban J connectivity index is 1.52. The third-order valence-electron chi connectivity index (χ3n) is 3.80. The van der Waals surface area contributed by atoms with Gasteiger partial charge < -0.3 is 10.1 Å². The van der Waals surface area contributed by atoms with Crippen LogP contribution in [0.3, 0.4) is 0 Å². The van der Waals surface area contributed by atoms with Gasteiger partial charge in [0.1, 0.15) is 11.7 Å². The van der Waals surface area contributed by atoms with Crippen molar-refractivity contribution in [2.45, 2.75) is 25.5 Å². The summed E-state index contributed by atoms with van der Waals surface area (Å²) in [6.07, 6.45) is 4.89. The molecule has 1 N–H and O–H groups in total. The molecule has 1 aliphatic rings. The average molecular weight is 360 g/mol. The predicted molar refractivity (Wildman–Crippen MR) is 96.0 cm³/mol. The first kappa shape index (κ1) is 17.5. The molecule has 1 saturated heterocycles. The predicted octanol–water partition coefficient (Wildman–Crippen LogP) is 1.34. The van der Waals surface area contributed by atoms with Crippen LogP contribution in [0.4, 0.5) is 0 Å². The van der Waals surface area contributed by atoms with Crippen molar-refractivity contribution < 1.29 is 9.53 Å². The standard InChI is InChI=1S/C17H20N4O3S/c22-15-5-2-9-20-21(15)10-3-8-18-16(23)14-4-1-7-19-17(14)24-13-6-11-25-12-13/h1-2,4-5,7,9,13H,3,6,8,10-12H2,(H,18,23). The van der Waals surface area contributed by atoms with Gasteiger partial charge in [-0.15, -0.1) is 0 Å². The van der Waals surface area contributed by atoms with Gasteiger partial charge in [-0.3, -0.25) is 9.59 Å². The number of nitrogens with zero attached hydrogens (tertiary/aromatic N) is 3. The lowest BCUT2D eigenvalue weighted by molar-refractivity contribution is 0.0944. The van der Waals surface area contributed by atoms with Gasteiger partial charge in [0, 0.05) is 37.3 Å². The van der Waals surface area contributed by atoms with Crippen LogP contribution in [0.5, 0.6) is 5.88 Å². The summed E-state index contributed by atoms with van der Waals surface area (Å²) >= 11 is 1.84. The van der Waals surface area contributed by atoms with Crippen LogP contribution in [0.15, 0.2) is 41.5 Å². The minimum atomic E-state index is -0.220. The zero-order chi connectivity index (χ0) is 17.5. The summed E-state index contributed by atoms with van der Waals surface area (Å²) in [4.78, 5) is 28.2. The van der Waals surface area contributed by atoms with E-state index < -0.39 is 0 Å². The zero-order valence-corrected chi connectivity index (χ0v) is 14.6. The van der Waals surface area contributed by atoms with Crippen LogP contribution >= 0.6 is 11.8 Å². The smallest absolute Gasteiger partial charge is 0.266 e. The topological polar surface area (TPSA) is 86.1 Å². The molecule has 1 fully saturated rings. The van der Waals surface area contributed by atoms with Gasteiger partial charge in [0.2, 0.25) is 5.88 Å². The number of pyridine rings is 1. The van der Waals surface area contributed by atoms with Gasteiger partial charge in [0.25, 0.3) is 11.5 Å². The number of carbonyl (C=O) groups is 1. The van der Waals surface area contributed by atoms with Crippen molar-refractivity contribution in [1.29, 1.82) is 0 Å². The molecule has 3 heterocycles. The number of rotatable bonds is 7. The first-order valence-corrected chi connectivity index (χ1v) is 9.39. The van der Waals surface area contributed by atoms with Gasteiger partial charge in [0.05, 0.1) is 0 Å². The molecular formula is C17H20N4O3S. The molecule has 3 rings (SSSR count). The number of ether oxygens (including phenoxy) is 1. The number of carbonyl (C=O) groups excluding carboxylic acids is 1. The molecule has 0 aliphatic carbocycles. The van der Waals surface area contributed by atoms with E-state index in [0.29, 0.717) is 31.0 Å². The molecule has 25 heavy (non-hydrogen) atoms. The van der Waals surface area contributed by atoms with Gasteiger partial charge in [0.15, 0.2) is 0 Å². The minimum Gasteiger partial charge on any atom is -0.473 e. The summed E-state index contributed by atoms with van der Waals surface area (Å²) in [7, 11) is 0. The molecule has 1 unspecified atom stereocenters. The maximum absolute atomic E-state index is 12.4. The van der Waals surface area contributed by atoms with Crippen molar-refractivity contribution in [3.8, 4) is 5.88 Å². The largest absolute Gasteiger partial charge is 0.473 e. The van der Waals surface area contributed by atoms with E-state index in [1.54, 1.807) is 30.6 Å². The van der Waals surface area contributed by atoms with E-state index in [1.165, 1.54) is 10.7 Å². The van der Waals surface area contributed by atoms with Gasteiger partial charge >= 0.3 is 0 Å². The van der Waals surface area contributed by atoms with Crippen molar-refractivity contribution in [1.82, 2.24) is 20.1 Å². The average Bonchev–Trinajstić information content (AvgIpc) is 3.13. The highest BCUT2D eigenvalue weighted by molar-refractivity contribution is 7.99. The molecular weight excluding hydrogens is 340 g/mol. The number of thioether (sulfide) groups is 1. The van der Waals surface area contributed by atoms with Crippen LogP contribution in [0.2, 0.25) is 0 Å². The zero-order valence-electron chi connectivity index (χ0n) is 13.8. The number of hydrogen-bond acceptors (Lipinski definition) is 6. The number of amides is 1. The second kappa shape index (κ2) is 8.66. The Morgan fingerprint density at radius 2 is 2.24 bits per heavy atom. The van der Waals surface area contributed by atoms with Gasteiger partial charge in [-0.25, -0.2) is 9.67 Å². The van der Waals surface area contributed by atoms with E-state index in [9.17, 15) is 9.59 Å². The molecule has 0 bridgehead atoms. The lowest BCUT2D eigenvalue weighted by Crippen LogP contribution is -2.28. The van der Waals surface area contributed by atoms with E-state index in [1.807, 2.05) is 11.8 Å². The van der Waals surface area contributed by atoms with Gasteiger partial charge in [-0.2, -0.15) is 16.9 Å². The highest BCUT2D eigenvalue weighted by atomic mass is 32.2. The molecule has 0 saturated carbocycles. The fourth-order valence-corrected chi connectivity index (χ4v) is 3.60. The van der Waals surface area contributed by atoms with E-state index in [-0.39, 0.29) is 17.6 Å². The Hall–Kier alpha value is -2.35. The first-order valence-electron chi connectivity index (χ1n) is 8.24. The van der Waals surface area contributed by atoms with Crippen molar-refractivity contribution in [2.75, 3.05) is 18.1 Å². The first-order chi connectivity index (χ1) is 12.2. The third kappa shape index (κ3) is 4.82. The van der Waals surface area contributed by atoms with E-state index >= 15 is 0 Å². The quantitative estimate of drug-likeness (QED) is 0.750. The monoisotopic (exact) mass is 360 g/mol. The van der Waals surface area contributed by atoms with Crippen molar-refractivity contribution in [3.05, 3.63) is 52.6 Å². The highest BCUT2D eigenvalue weighted by Gasteiger charge is 2.21. The van der Waals surface area contributed by atoms with Gasteiger partial charge in [-0.05, 0) is 36.8 Å². The third-order valence-corrected chi connectivity index (χ3v) is 4.93. The summed E-state index contributed by atoms with van der Waals surface area (Å²) in [5.74, 6) is 2.16. The number of aromatic nitrogens is 3. The molecule has 2 aromatic heterocycles.